The van der Waals surface area contributed by atoms with Crippen molar-refractivity contribution >= 4 is 28.7 Å². The van der Waals surface area contributed by atoms with E-state index in [-0.39, 0.29) is 0 Å². The zero-order valence-electron chi connectivity index (χ0n) is 14.7. The highest BCUT2D eigenvalue weighted by molar-refractivity contribution is 7.80. The summed E-state index contributed by atoms with van der Waals surface area (Å²) in [5.41, 5.74) is 3.36. The van der Waals surface area contributed by atoms with Gasteiger partial charge in [0.15, 0.2) is 5.11 Å². The summed E-state index contributed by atoms with van der Waals surface area (Å²) in [5, 5.41) is 4.00. The molecular formula is C19H25N3OS. The van der Waals surface area contributed by atoms with Crippen LogP contribution in [0.3, 0.4) is 0 Å². The molecule has 0 unspecified atom stereocenters. The van der Waals surface area contributed by atoms with Crippen molar-refractivity contribution in [3.63, 3.8) is 0 Å². The molecule has 0 saturated carbocycles. The molecule has 128 valence electrons. The summed E-state index contributed by atoms with van der Waals surface area (Å²) < 4.78 is 5.25. The second-order valence-corrected chi connectivity index (χ2v) is 6.12. The topological polar surface area (TPSA) is 27.7 Å². The first-order chi connectivity index (χ1) is 11.5. The second-order valence-electron chi connectivity index (χ2n) is 5.74. The van der Waals surface area contributed by atoms with E-state index in [0.29, 0.717) is 5.11 Å². The maximum absolute atomic E-state index is 5.57. The molecule has 2 aromatic carbocycles. The summed E-state index contributed by atoms with van der Waals surface area (Å²) in [5.74, 6) is 0.810. The molecule has 0 amide bonds. The molecule has 0 aromatic heterocycles. The third kappa shape index (κ3) is 4.86. The fourth-order valence-electron chi connectivity index (χ4n) is 2.35. The second kappa shape index (κ2) is 8.55. The first-order valence-corrected chi connectivity index (χ1v) is 8.40. The SMILES string of the molecule is CCN(Cc1ccc(N(C)C)cc1)C(=S)Nc1cccc(OC)c1. The Balaban J connectivity index is 2.02. The molecular weight excluding hydrogens is 318 g/mol. The molecule has 0 atom stereocenters. The molecule has 0 bridgehead atoms. The number of nitrogens with zero attached hydrogens (tertiary/aromatic N) is 2. The third-order valence-electron chi connectivity index (χ3n) is 3.82. The molecule has 5 heteroatoms. The molecule has 0 aliphatic carbocycles. The van der Waals surface area contributed by atoms with Crippen molar-refractivity contribution < 1.29 is 4.74 Å². The Morgan fingerprint density at radius 3 is 2.42 bits per heavy atom. The molecule has 0 spiro atoms. The van der Waals surface area contributed by atoms with Crippen molar-refractivity contribution in [3.8, 4) is 5.75 Å². The average Bonchev–Trinajstić information content (AvgIpc) is 2.60. The van der Waals surface area contributed by atoms with Gasteiger partial charge in [-0.2, -0.15) is 0 Å². The zero-order chi connectivity index (χ0) is 17.5. The van der Waals surface area contributed by atoms with E-state index >= 15 is 0 Å². The number of hydrogen-bond donors (Lipinski definition) is 1. The van der Waals surface area contributed by atoms with Crippen LogP contribution in [-0.2, 0) is 6.54 Å². The fraction of sp³-hybridized carbons (Fsp3) is 0.316. The maximum Gasteiger partial charge on any atom is 0.173 e. The lowest BCUT2D eigenvalue weighted by molar-refractivity contribution is 0.415. The number of ether oxygens (including phenoxy) is 1. The van der Waals surface area contributed by atoms with Crippen LogP contribution in [0.1, 0.15) is 12.5 Å². The minimum atomic E-state index is 0.711. The van der Waals surface area contributed by atoms with E-state index in [0.717, 1.165) is 24.5 Å². The smallest absolute Gasteiger partial charge is 0.173 e. The molecule has 0 heterocycles. The van der Waals surface area contributed by atoms with Crippen LogP contribution in [0.4, 0.5) is 11.4 Å². The van der Waals surface area contributed by atoms with E-state index in [1.807, 2.05) is 38.4 Å². The maximum atomic E-state index is 5.57. The summed E-state index contributed by atoms with van der Waals surface area (Å²) in [6, 6.07) is 16.3. The van der Waals surface area contributed by atoms with Gasteiger partial charge < -0.3 is 19.9 Å². The minimum absolute atomic E-state index is 0.711. The zero-order valence-corrected chi connectivity index (χ0v) is 15.6. The van der Waals surface area contributed by atoms with Crippen molar-refractivity contribution in [1.29, 1.82) is 0 Å². The van der Waals surface area contributed by atoms with Crippen molar-refractivity contribution in [2.24, 2.45) is 0 Å². The lowest BCUT2D eigenvalue weighted by Crippen LogP contribution is -2.34. The van der Waals surface area contributed by atoms with Gasteiger partial charge in [-0.25, -0.2) is 0 Å². The Morgan fingerprint density at radius 2 is 1.83 bits per heavy atom. The van der Waals surface area contributed by atoms with Crippen LogP contribution in [0.2, 0.25) is 0 Å². The number of rotatable bonds is 6. The predicted molar refractivity (Wildman–Crippen MR) is 106 cm³/mol. The Labute approximate surface area is 150 Å². The van der Waals surface area contributed by atoms with E-state index in [1.165, 1.54) is 11.3 Å². The molecule has 1 N–H and O–H groups in total. The summed E-state index contributed by atoms with van der Waals surface area (Å²) in [4.78, 5) is 4.23. The van der Waals surface area contributed by atoms with E-state index in [2.05, 4.69) is 46.3 Å². The van der Waals surface area contributed by atoms with Crippen LogP contribution in [0, 0.1) is 0 Å². The molecule has 2 rings (SSSR count). The van der Waals surface area contributed by atoms with E-state index in [4.69, 9.17) is 17.0 Å². The Kier molecular flexibility index (Phi) is 6.44. The van der Waals surface area contributed by atoms with Crippen LogP contribution in [0.15, 0.2) is 48.5 Å². The van der Waals surface area contributed by atoms with Gasteiger partial charge in [-0.05, 0) is 49.0 Å². The normalized spacial score (nSPS) is 10.2. The van der Waals surface area contributed by atoms with Gasteiger partial charge in [0, 0.05) is 44.6 Å². The number of anilines is 2. The van der Waals surface area contributed by atoms with Gasteiger partial charge >= 0.3 is 0 Å². The van der Waals surface area contributed by atoms with Crippen LogP contribution in [0.5, 0.6) is 5.75 Å². The first kappa shape index (κ1) is 18.1. The van der Waals surface area contributed by atoms with Crippen LogP contribution in [-0.4, -0.2) is 37.8 Å². The highest BCUT2D eigenvalue weighted by Gasteiger charge is 2.09. The average molecular weight is 343 g/mol. The Hall–Kier alpha value is -2.27. The molecule has 0 saturated heterocycles. The van der Waals surface area contributed by atoms with Crippen molar-refractivity contribution in [1.82, 2.24) is 4.90 Å². The monoisotopic (exact) mass is 343 g/mol. The van der Waals surface area contributed by atoms with E-state index in [9.17, 15) is 0 Å². The number of benzene rings is 2. The van der Waals surface area contributed by atoms with Gasteiger partial charge in [-0.15, -0.1) is 0 Å². The molecule has 0 aliphatic heterocycles. The third-order valence-corrected chi connectivity index (χ3v) is 4.18. The lowest BCUT2D eigenvalue weighted by Gasteiger charge is -2.25. The molecule has 0 fully saturated rings. The molecule has 24 heavy (non-hydrogen) atoms. The minimum Gasteiger partial charge on any atom is -0.497 e. The van der Waals surface area contributed by atoms with E-state index in [1.54, 1.807) is 7.11 Å². The lowest BCUT2D eigenvalue weighted by atomic mass is 10.2. The van der Waals surface area contributed by atoms with Gasteiger partial charge in [0.2, 0.25) is 0 Å². The van der Waals surface area contributed by atoms with Crippen LogP contribution >= 0.6 is 12.2 Å². The molecule has 0 radical (unpaired) electrons. The van der Waals surface area contributed by atoms with Gasteiger partial charge in [-0.1, -0.05) is 18.2 Å². The van der Waals surface area contributed by atoms with Crippen molar-refractivity contribution in [2.75, 3.05) is 38.0 Å². The number of hydrogen-bond acceptors (Lipinski definition) is 3. The highest BCUT2D eigenvalue weighted by Crippen LogP contribution is 2.18. The van der Waals surface area contributed by atoms with Gasteiger partial charge in [-0.3, -0.25) is 0 Å². The van der Waals surface area contributed by atoms with Crippen molar-refractivity contribution in [2.45, 2.75) is 13.5 Å². The standard InChI is InChI=1S/C19H25N3OS/c1-5-22(14-15-9-11-17(12-10-15)21(2)3)19(24)20-16-7-6-8-18(13-16)23-4/h6-13H,5,14H2,1-4H3,(H,20,24). The fourth-order valence-corrected chi connectivity index (χ4v) is 2.66. The molecule has 0 aliphatic rings. The predicted octanol–water partition coefficient (Wildman–Crippen LogP) is 3.98. The highest BCUT2D eigenvalue weighted by atomic mass is 32.1. The Bertz CT molecular complexity index is 671. The summed E-state index contributed by atoms with van der Waals surface area (Å²) >= 11 is 5.57. The van der Waals surface area contributed by atoms with Crippen LogP contribution in [0.25, 0.3) is 0 Å². The summed E-state index contributed by atoms with van der Waals surface area (Å²) in [6.45, 7) is 3.72. The number of thiocarbonyl (C=S) groups is 1. The first-order valence-electron chi connectivity index (χ1n) is 7.99. The largest absolute Gasteiger partial charge is 0.497 e. The summed E-state index contributed by atoms with van der Waals surface area (Å²) in [6.07, 6.45) is 0. The quantitative estimate of drug-likeness (QED) is 0.801. The molecule has 4 nitrogen and oxygen atoms in total. The van der Waals surface area contributed by atoms with Crippen molar-refractivity contribution in [3.05, 3.63) is 54.1 Å². The van der Waals surface area contributed by atoms with E-state index < -0.39 is 0 Å². The van der Waals surface area contributed by atoms with Gasteiger partial charge in [0.25, 0.3) is 0 Å². The summed E-state index contributed by atoms with van der Waals surface area (Å²) in [7, 11) is 5.74. The van der Waals surface area contributed by atoms with Crippen LogP contribution < -0.4 is 15.0 Å². The number of nitrogens with one attached hydrogen (secondary N) is 1. The number of methoxy groups -OCH3 is 1. The molecule has 2 aromatic rings. The van der Waals surface area contributed by atoms with Gasteiger partial charge in [0.1, 0.15) is 5.75 Å². The Morgan fingerprint density at radius 1 is 1.12 bits per heavy atom. The van der Waals surface area contributed by atoms with Gasteiger partial charge in [0.05, 0.1) is 7.11 Å².